The molecule has 2 aromatic rings. The van der Waals surface area contributed by atoms with Crippen molar-refractivity contribution < 1.29 is 19.1 Å². The number of aromatic amines is 1. The van der Waals surface area contributed by atoms with Gasteiger partial charge in [0.2, 0.25) is 0 Å². The van der Waals surface area contributed by atoms with Crippen LogP contribution in [0.1, 0.15) is 53.4 Å². The number of aliphatic hydroxyl groups excluding tert-OH is 1. The molecule has 32 heavy (non-hydrogen) atoms. The van der Waals surface area contributed by atoms with Gasteiger partial charge in [0.05, 0.1) is 11.6 Å². The highest BCUT2D eigenvalue weighted by molar-refractivity contribution is 6.46. The molecule has 2 fully saturated rings. The first-order valence-electron chi connectivity index (χ1n) is 11.2. The number of carbonyl (C=O) groups is 2. The molecule has 1 amide bonds. The average molecular weight is 440 g/mol. The Bertz CT molecular complexity index is 1080. The van der Waals surface area contributed by atoms with Crippen molar-refractivity contribution in [3.8, 4) is 0 Å². The minimum atomic E-state index is -0.963. The molecule has 1 unspecified atom stereocenters. The number of aromatic nitrogens is 1. The number of ketones is 1. The van der Waals surface area contributed by atoms with E-state index in [1.165, 1.54) is 17.4 Å². The lowest BCUT2D eigenvalue weighted by Crippen LogP contribution is -2.40. The molecule has 2 aliphatic heterocycles. The summed E-state index contributed by atoms with van der Waals surface area (Å²) in [7, 11) is 0. The van der Waals surface area contributed by atoms with E-state index in [9.17, 15) is 19.1 Å². The maximum atomic E-state index is 14.9. The minimum absolute atomic E-state index is 0.0519. The van der Waals surface area contributed by atoms with E-state index in [1.54, 1.807) is 25.1 Å². The first-order chi connectivity index (χ1) is 15.3. The summed E-state index contributed by atoms with van der Waals surface area (Å²) in [5.74, 6) is -2.23. The smallest absolute Gasteiger partial charge is 0.295 e. The van der Waals surface area contributed by atoms with Crippen LogP contribution >= 0.6 is 0 Å². The van der Waals surface area contributed by atoms with Gasteiger partial charge < -0.3 is 19.9 Å². The number of amides is 1. The van der Waals surface area contributed by atoms with E-state index < -0.39 is 23.5 Å². The number of benzene rings is 1. The summed E-state index contributed by atoms with van der Waals surface area (Å²) in [5, 5.41) is 11.3. The number of halogens is 1. The number of piperidine rings is 1. The molecule has 1 atom stereocenters. The second-order valence-electron chi connectivity index (χ2n) is 8.79. The molecule has 2 N–H and O–H groups in total. The Labute approximate surface area is 187 Å². The molecule has 0 saturated carbocycles. The van der Waals surface area contributed by atoms with Crippen LogP contribution in [0, 0.1) is 26.6 Å². The van der Waals surface area contributed by atoms with Crippen LogP contribution in [-0.4, -0.2) is 57.8 Å². The molecule has 2 aliphatic rings. The normalized spacial score (nSPS) is 21.5. The summed E-state index contributed by atoms with van der Waals surface area (Å²) in [5.41, 5.74) is 3.03. The summed E-state index contributed by atoms with van der Waals surface area (Å²) >= 11 is 0. The van der Waals surface area contributed by atoms with Crippen molar-refractivity contribution in [3.05, 3.63) is 63.7 Å². The van der Waals surface area contributed by atoms with Gasteiger partial charge >= 0.3 is 0 Å². The number of likely N-dealkylation sites (tertiary alicyclic amines) is 2. The van der Waals surface area contributed by atoms with Crippen LogP contribution in [0.25, 0.3) is 5.76 Å². The number of hydrogen-bond donors (Lipinski definition) is 2. The number of carbonyl (C=O) groups excluding carboxylic acids is 2. The number of aryl methyl sites for hydroxylation is 2. The Morgan fingerprint density at radius 3 is 2.38 bits per heavy atom. The van der Waals surface area contributed by atoms with E-state index in [0.29, 0.717) is 24.3 Å². The van der Waals surface area contributed by atoms with Crippen molar-refractivity contribution in [1.29, 1.82) is 0 Å². The Morgan fingerprint density at radius 1 is 1.06 bits per heavy atom. The van der Waals surface area contributed by atoms with Gasteiger partial charge in [-0.15, -0.1) is 0 Å². The van der Waals surface area contributed by atoms with Crippen LogP contribution in [0.15, 0.2) is 29.8 Å². The van der Waals surface area contributed by atoms with Crippen molar-refractivity contribution in [2.75, 3.05) is 26.2 Å². The Hall–Kier alpha value is -2.93. The van der Waals surface area contributed by atoms with Crippen LogP contribution in [0.4, 0.5) is 4.39 Å². The number of hydrogen-bond acceptors (Lipinski definition) is 4. The van der Waals surface area contributed by atoms with Gasteiger partial charge in [-0.25, -0.2) is 4.39 Å². The zero-order valence-electron chi connectivity index (χ0n) is 18.9. The molecule has 0 bridgehead atoms. The Balaban J connectivity index is 1.80. The fourth-order valence-electron chi connectivity index (χ4n) is 4.96. The van der Waals surface area contributed by atoms with Crippen LogP contribution in [0.2, 0.25) is 0 Å². The molecule has 7 heteroatoms. The number of nitrogens with one attached hydrogen (secondary N) is 1. The third-order valence-corrected chi connectivity index (χ3v) is 6.77. The maximum Gasteiger partial charge on any atom is 0.295 e. The predicted octanol–water partition coefficient (Wildman–Crippen LogP) is 3.99. The molecule has 0 aliphatic carbocycles. The molecule has 1 aromatic heterocycles. The lowest BCUT2D eigenvalue weighted by molar-refractivity contribution is -0.140. The summed E-state index contributed by atoms with van der Waals surface area (Å²) in [6, 6.07) is 5.18. The summed E-state index contributed by atoms with van der Waals surface area (Å²) in [4.78, 5) is 33.1. The molecule has 1 aromatic carbocycles. The first-order valence-corrected chi connectivity index (χ1v) is 11.2. The van der Waals surface area contributed by atoms with Gasteiger partial charge in [0, 0.05) is 35.6 Å². The highest BCUT2D eigenvalue weighted by atomic mass is 19.1. The largest absolute Gasteiger partial charge is 0.507 e. The third kappa shape index (κ3) is 3.86. The second-order valence-corrected chi connectivity index (χ2v) is 8.79. The number of rotatable bonds is 5. The summed E-state index contributed by atoms with van der Waals surface area (Å²) < 4.78 is 14.9. The predicted molar refractivity (Wildman–Crippen MR) is 121 cm³/mol. The summed E-state index contributed by atoms with van der Waals surface area (Å²) in [6.45, 7) is 8.34. The van der Waals surface area contributed by atoms with Crippen LogP contribution in [0.3, 0.4) is 0 Å². The van der Waals surface area contributed by atoms with Gasteiger partial charge in [0.1, 0.15) is 11.6 Å². The van der Waals surface area contributed by atoms with E-state index >= 15 is 0 Å². The Morgan fingerprint density at radius 2 is 1.75 bits per heavy atom. The van der Waals surface area contributed by atoms with Crippen molar-refractivity contribution in [2.45, 2.75) is 46.1 Å². The van der Waals surface area contributed by atoms with Crippen LogP contribution < -0.4 is 0 Å². The molecular formula is C25H30FN3O3. The molecule has 170 valence electrons. The lowest BCUT2D eigenvalue weighted by atomic mass is 9.94. The molecule has 0 spiro atoms. The van der Waals surface area contributed by atoms with Gasteiger partial charge in [-0.1, -0.05) is 24.6 Å². The second kappa shape index (κ2) is 8.90. The van der Waals surface area contributed by atoms with Gasteiger partial charge in [0.25, 0.3) is 11.7 Å². The lowest BCUT2D eigenvalue weighted by Gasteiger charge is -2.31. The fraction of sp³-hybridized carbons (Fsp3) is 0.440. The van der Waals surface area contributed by atoms with Gasteiger partial charge in [-0.3, -0.25) is 9.59 Å². The van der Waals surface area contributed by atoms with Crippen molar-refractivity contribution in [2.24, 2.45) is 0 Å². The number of aliphatic hydroxyl groups is 1. The quantitative estimate of drug-likeness (QED) is 0.420. The van der Waals surface area contributed by atoms with Gasteiger partial charge in [0.15, 0.2) is 0 Å². The molecule has 3 heterocycles. The number of H-pyrrole nitrogens is 1. The van der Waals surface area contributed by atoms with Crippen LogP contribution in [0.5, 0.6) is 0 Å². The van der Waals surface area contributed by atoms with E-state index in [-0.39, 0.29) is 16.9 Å². The zero-order chi connectivity index (χ0) is 23.0. The van der Waals surface area contributed by atoms with Crippen molar-refractivity contribution in [1.82, 2.24) is 14.8 Å². The van der Waals surface area contributed by atoms with Gasteiger partial charge in [-0.2, -0.15) is 0 Å². The SMILES string of the molecule is Cc1[nH]c(C)c(/C(O)=C2\C(=O)C(=O)N(CCN3CCCCC3)C2c2ccccc2F)c1C. The van der Waals surface area contributed by atoms with Crippen molar-refractivity contribution in [3.63, 3.8) is 0 Å². The molecule has 2 saturated heterocycles. The van der Waals surface area contributed by atoms with Crippen LogP contribution in [-0.2, 0) is 9.59 Å². The van der Waals surface area contributed by atoms with E-state index in [4.69, 9.17) is 0 Å². The third-order valence-electron chi connectivity index (χ3n) is 6.77. The highest BCUT2D eigenvalue weighted by Gasteiger charge is 2.47. The molecule has 4 rings (SSSR count). The van der Waals surface area contributed by atoms with Crippen molar-refractivity contribution >= 4 is 17.4 Å². The highest BCUT2D eigenvalue weighted by Crippen LogP contribution is 2.41. The maximum absolute atomic E-state index is 14.9. The number of Topliss-reactive ketones (excluding diaryl/α,β-unsaturated/α-hetero) is 1. The number of nitrogens with zero attached hydrogens (tertiary/aromatic N) is 2. The van der Waals surface area contributed by atoms with E-state index in [0.717, 1.165) is 37.2 Å². The monoisotopic (exact) mass is 439 g/mol. The molecule has 6 nitrogen and oxygen atoms in total. The standard InChI is InChI=1S/C25H30FN3O3/c1-15-16(2)27-17(3)20(15)23(30)21-22(18-9-5-6-10-19(18)26)29(25(32)24(21)31)14-13-28-11-7-4-8-12-28/h5-6,9-10,22,27,30H,4,7-8,11-14H2,1-3H3/b23-21+. The summed E-state index contributed by atoms with van der Waals surface area (Å²) in [6.07, 6.45) is 3.42. The minimum Gasteiger partial charge on any atom is -0.507 e. The molecule has 0 radical (unpaired) electrons. The van der Waals surface area contributed by atoms with Gasteiger partial charge in [-0.05, 0) is 58.3 Å². The first kappa shape index (κ1) is 22.3. The Kier molecular flexibility index (Phi) is 6.20. The average Bonchev–Trinajstić information content (AvgIpc) is 3.18. The van der Waals surface area contributed by atoms with E-state index in [2.05, 4.69) is 9.88 Å². The zero-order valence-corrected chi connectivity index (χ0v) is 18.9. The fourth-order valence-corrected chi connectivity index (χ4v) is 4.96. The van der Waals surface area contributed by atoms with E-state index in [1.807, 2.05) is 13.8 Å². The molecular weight excluding hydrogens is 409 g/mol. The topological polar surface area (TPSA) is 76.6 Å².